The van der Waals surface area contributed by atoms with Gasteiger partial charge in [0.25, 0.3) is 5.91 Å². The normalized spacial score (nSPS) is 16.0. The molecule has 3 heterocycles. The average Bonchev–Trinajstić information content (AvgIpc) is 3.20. The van der Waals surface area contributed by atoms with Gasteiger partial charge in [-0.1, -0.05) is 11.6 Å². The van der Waals surface area contributed by atoms with Gasteiger partial charge in [0.15, 0.2) is 10.4 Å². The number of nitrogens with zero attached hydrogens (tertiary/aromatic N) is 1. The van der Waals surface area contributed by atoms with E-state index in [0.717, 1.165) is 41.9 Å². The van der Waals surface area contributed by atoms with Crippen molar-refractivity contribution in [2.24, 2.45) is 0 Å². The number of carbonyl (C=O) groups is 1. The summed E-state index contributed by atoms with van der Waals surface area (Å²) >= 11 is 9.29. The summed E-state index contributed by atoms with van der Waals surface area (Å²) in [6.45, 7) is 1.47. The molecule has 0 saturated carbocycles. The van der Waals surface area contributed by atoms with E-state index in [1.807, 2.05) is 23.1 Å². The van der Waals surface area contributed by atoms with Crippen LogP contribution >= 0.6 is 27.5 Å². The van der Waals surface area contributed by atoms with Crippen molar-refractivity contribution in [1.82, 2.24) is 9.88 Å². The molecule has 1 amide bonds. The van der Waals surface area contributed by atoms with E-state index in [1.54, 1.807) is 12.1 Å². The minimum Gasteiger partial charge on any atom is -0.444 e. The fourth-order valence-electron chi connectivity index (χ4n) is 3.32. The Labute approximate surface area is 152 Å². The third kappa shape index (κ3) is 2.98. The van der Waals surface area contributed by atoms with E-state index in [9.17, 15) is 4.79 Å². The SMILES string of the molecule is O=C(c1ccc(Br)o1)N1CCC(c2cc3cc(Cl)ccc3[nH]2)CC1. The number of fused-ring (bicyclic) bond motifs is 1. The molecule has 4 rings (SSSR count). The molecule has 1 fully saturated rings. The molecule has 0 radical (unpaired) electrons. The molecule has 0 spiro atoms. The number of hydrogen-bond acceptors (Lipinski definition) is 2. The summed E-state index contributed by atoms with van der Waals surface area (Å²) < 4.78 is 5.95. The second-order valence-corrected chi connectivity index (χ2v) is 7.34. The Balaban J connectivity index is 1.46. The fourth-order valence-corrected chi connectivity index (χ4v) is 3.81. The smallest absolute Gasteiger partial charge is 0.289 e. The lowest BCUT2D eigenvalue weighted by Crippen LogP contribution is -2.37. The van der Waals surface area contributed by atoms with Crippen molar-refractivity contribution < 1.29 is 9.21 Å². The number of likely N-dealkylation sites (tertiary alicyclic amines) is 1. The monoisotopic (exact) mass is 406 g/mol. The maximum atomic E-state index is 12.4. The molecule has 0 aliphatic carbocycles. The fraction of sp³-hybridized carbons (Fsp3) is 0.278. The number of hydrogen-bond donors (Lipinski definition) is 1. The number of halogens is 2. The molecule has 0 atom stereocenters. The summed E-state index contributed by atoms with van der Waals surface area (Å²) in [6.07, 6.45) is 1.88. The number of rotatable bonds is 2. The van der Waals surface area contributed by atoms with Crippen LogP contribution in [0.2, 0.25) is 5.02 Å². The van der Waals surface area contributed by atoms with E-state index in [-0.39, 0.29) is 5.91 Å². The number of aromatic nitrogens is 1. The first-order valence-electron chi connectivity index (χ1n) is 7.93. The molecular weight excluding hydrogens is 392 g/mol. The highest BCUT2D eigenvalue weighted by Gasteiger charge is 2.26. The van der Waals surface area contributed by atoms with Gasteiger partial charge in [-0.25, -0.2) is 0 Å². The second kappa shape index (κ2) is 6.30. The van der Waals surface area contributed by atoms with Gasteiger partial charge in [-0.15, -0.1) is 0 Å². The van der Waals surface area contributed by atoms with Crippen molar-refractivity contribution in [3.05, 3.63) is 57.5 Å². The minimum absolute atomic E-state index is 0.0393. The van der Waals surface area contributed by atoms with Crippen molar-refractivity contribution in [2.45, 2.75) is 18.8 Å². The molecule has 24 heavy (non-hydrogen) atoms. The van der Waals surface area contributed by atoms with Gasteiger partial charge in [0.2, 0.25) is 0 Å². The number of furan rings is 1. The molecule has 0 bridgehead atoms. The number of amides is 1. The highest BCUT2D eigenvalue weighted by atomic mass is 79.9. The zero-order valence-electron chi connectivity index (χ0n) is 12.9. The second-order valence-electron chi connectivity index (χ2n) is 6.13. The molecule has 3 aromatic rings. The Bertz CT molecular complexity index is 893. The molecule has 0 unspecified atom stereocenters. The van der Waals surface area contributed by atoms with E-state index in [2.05, 4.69) is 27.0 Å². The first-order valence-corrected chi connectivity index (χ1v) is 9.10. The first kappa shape index (κ1) is 15.8. The molecule has 6 heteroatoms. The molecule has 1 aliphatic rings. The minimum atomic E-state index is -0.0393. The zero-order valence-corrected chi connectivity index (χ0v) is 15.2. The van der Waals surface area contributed by atoms with Gasteiger partial charge in [0, 0.05) is 40.6 Å². The van der Waals surface area contributed by atoms with Crippen molar-refractivity contribution >= 4 is 44.3 Å². The predicted molar refractivity (Wildman–Crippen MR) is 97.6 cm³/mol. The van der Waals surface area contributed by atoms with Crippen LogP contribution in [0.25, 0.3) is 10.9 Å². The van der Waals surface area contributed by atoms with Gasteiger partial charge in [0.05, 0.1) is 0 Å². The summed E-state index contributed by atoms with van der Waals surface area (Å²) in [5.74, 6) is 0.784. The number of carbonyl (C=O) groups excluding carboxylic acids is 1. The van der Waals surface area contributed by atoms with Crippen molar-refractivity contribution in [3.8, 4) is 0 Å². The summed E-state index contributed by atoms with van der Waals surface area (Å²) in [5.41, 5.74) is 2.33. The number of nitrogens with one attached hydrogen (secondary N) is 1. The standard InChI is InChI=1S/C18H16BrClN2O2/c19-17-4-3-16(24-17)18(23)22-7-5-11(6-8-22)15-10-12-9-13(20)1-2-14(12)21-15/h1-4,9-11,21H,5-8H2. The van der Waals surface area contributed by atoms with E-state index in [1.165, 1.54) is 5.69 Å². The molecule has 1 N–H and O–H groups in total. The zero-order chi connectivity index (χ0) is 16.7. The Morgan fingerprint density at radius 1 is 1.21 bits per heavy atom. The summed E-state index contributed by atoms with van der Waals surface area (Å²) in [7, 11) is 0. The van der Waals surface area contributed by atoms with Crippen LogP contribution in [-0.4, -0.2) is 28.9 Å². The van der Waals surface area contributed by atoms with Gasteiger partial charge in [-0.3, -0.25) is 4.79 Å². The predicted octanol–water partition coefficient (Wildman–Crippen LogP) is 5.20. The summed E-state index contributed by atoms with van der Waals surface area (Å²) in [5, 5.41) is 1.88. The largest absolute Gasteiger partial charge is 0.444 e. The van der Waals surface area contributed by atoms with Crippen molar-refractivity contribution in [2.75, 3.05) is 13.1 Å². The lowest BCUT2D eigenvalue weighted by Gasteiger charge is -2.31. The van der Waals surface area contributed by atoms with Crippen LogP contribution in [-0.2, 0) is 0 Å². The van der Waals surface area contributed by atoms with Crippen LogP contribution < -0.4 is 0 Å². The van der Waals surface area contributed by atoms with Crippen LogP contribution in [0.15, 0.2) is 45.5 Å². The topological polar surface area (TPSA) is 49.2 Å². The number of piperidine rings is 1. The maximum Gasteiger partial charge on any atom is 0.289 e. The Morgan fingerprint density at radius 2 is 2.00 bits per heavy atom. The van der Waals surface area contributed by atoms with E-state index in [0.29, 0.717) is 16.3 Å². The highest BCUT2D eigenvalue weighted by molar-refractivity contribution is 9.10. The van der Waals surface area contributed by atoms with Crippen LogP contribution in [0.1, 0.15) is 35.0 Å². The number of H-pyrrole nitrogens is 1. The van der Waals surface area contributed by atoms with Gasteiger partial charge in [-0.05, 0) is 65.2 Å². The summed E-state index contributed by atoms with van der Waals surface area (Å²) in [4.78, 5) is 17.8. The Morgan fingerprint density at radius 3 is 2.71 bits per heavy atom. The highest BCUT2D eigenvalue weighted by Crippen LogP contribution is 2.31. The Kier molecular flexibility index (Phi) is 4.14. The Hall–Kier alpha value is -1.72. The molecular formula is C18H16BrClN2O2. The number of benzene rings is 1. The third-order valence-electron chi connectivity index (χ3n) is 4.61. The van der Waals surface area contributed by atoms with Crippen LogP contribution in [0.5, 0.6) is 0 Å². The van der Waals surface area contributed by atoms with Crippen LogP contribution in [0, 0.1) is 0 Å². The molecule has 2 aromatic heterocycles. The summed E-state index contributed by atoms with van der Waals surface area (Å²) in [6, 6.07) is 11.5. The van der Waals surface area contributed by atoms with E-state index in [4.69, 9.17) is 16.0 Å². The van der Waals surface area contributed by atoms with Crippen molar-refractivity contribution in [1.29, 1.82) is 0 Å². The average molecular weight is 408 g/mol. The van der Waals surface area contributed by atoms with Gasteiger partial charge in [-0.2, -0.15) is 0 Å². The van der Waals surface area contributed by atoms with E-state index >= 15 is 0 Å². The molecule has 124 valence electrons. The first-order chi connectivity index (χ1) is 11.6. The van der Waals surface area contributed by atoms with Gasteiger partial charge in [0.1, 0.15) is 0 Å². The molecule has 1 saturated heterocycles. The van der Waals surface area contributed by atoms with Gasteiger partial charge >= 0.3 is 0 Å². The third-order valence-corrected chi connectivity index (χ3v) is 5.27. The van der Waals surface area contributed by atoms with E-state index < -0.39 is 0 Å². The van der Waals surface area contributed by atoms with Crippen LogP contribution in [0.3, 0.4) is 0 Å². The molecule has 4 nitrogen and oxygen atoms in total. The number of aromatic amines is 1. The quantitative estimate of drug-likeness (QED) is 0.635. The molecule has 1 aliphatic heterocycles. The van der Waals surface area contributed by atoms with Crippen LogP contribution in [0.4, 0.5) is 0 Å². The lowest BCUT2D eigenvalue weighted by atomic mass is 9.93. The lowest BCUT2D eigenvalue weighted by molar-refractivity contribution is 0.0678. The molecule has 1 aromatic carbocycles. The van der Waals surface area contributed by atoms with Crippen molar-refractivity contribution in [3.63, 3.8) is 0 Å². The maximum absolute atomic E-state index is 12.4. The van der Waals surface area contributed by atoms with Gasteiger partial charge < -0.3 is 14.3 Å².